The standard InChI is InChI=1S/C44H58ClFN4O10S2/c1-41(2,3)58-33(51)24-57-35-34(45)36(61-37(35)39(53)59-42(4,5)6)27-13-12-14-29(20-27)47-30-17-18-50(44(10,11)21-30)62(55,56)25-26-15-16-31(46)32(19-26)48-38(52)28-22-49(23-28)40(54)60-43(7,8)9/h12-16,19-20,28,30,47H,17-18,21-25H2,1-11H3,(H,48,52)/t30-/m0/s1. The number of sulfonamides is 1. The fourth-order valence-corrected chi connectivity index (χ4v) is 10.5. The van der Waals surface area contributed by atoms with Gasteiger partial charge >= 0.3 is 18.0 Å². The Labute approximate surface area is 372 Å². The molecule has 1 atom stereocenters. The van der Waals surface area contributed by atoms with E-state index >= 15 is 0 Å². The van der Waals surface area contributed by atoms with Crippen molar-refractivity contribution in [1.82, 2.24) is 9.21 Å². The predicted octanol–water partition coefficient (Wildman–Crippen LogP) is 8.87. The fourth-order valence-electron chi connectivity index (χ4n) is 7.08. The van der Waals surface area contributed by atoms with Gasteiger partial charge in [-0.05, 0) is 124 Å². The van der Waals surface area contributed by atoms with Crippen LogP contribution in [-0.4, -0.2) is 96.2 Å². The van der Waals surface area contributed by atoms with E-state index in [0.29, 0.717) is 28.8 Å². The molecule has 340 valence electrons. The fraction of sp³-hybridized carbons (Fsp3) is 0.545. The summed E-state index contributed by atoms with van der Waals surface area (Å²) in [5.41, 5.74) is -1.47. The Balaban J connectivity index is 1.24. The maximum absolute atomic E-state index is 14.9. The number of carbonyl (C=O) groups is 4. The first kappa shape index (κ1) is 48.6. The molecule has 2 fully saturated rings. The third-order valence-corrected chi connectivity index (χ3v) is 13.3. The number of anilines is 2. The van der Waals surface area contributed by atoms with Crippen molar-refractivity contribution >= 4 is 68.3 Å². The number of amides is 2. The quantitative estimate of drug-likeness (QED) is 0.131. The number of esters is 2. The Bertz CT molecular complexity index is 2290. The number of ether oxygens (including phenoxy) is 4. The van der Waals surface area contributed by atoms with Crippen LogP contribution in [-0.2, 0) is 39.6 Å². The molecule has 2 amide bonds. The molecule has 5 rings (SSSR count). The van der Waals surface area contributed by atoms with Gasteiger partial charge in [-0.2, -0.15) is 4.31 Å². The summed E-state index contributed by atoms with van der Waals surface area (Å²) in [6.45, 7) is 19.3. The van der Waals surface area contributed by atoms with Gasteiger partial charge in [-0.15, -0.1) is 11.3 Å². The van der Waals surface area contributed by atoms with Crippen LogP contribution in [0.5, 0.6) is 5.75 Å². The normalized spacial score (nSPS) is 17.4. The zero-order valence-electron chi connectivity index (χ0n) is 37.2. The maximum Gasteiger partial charge on any atom is 0.410 e. The molecule has 0 radical (unpaired) electrons. The number of nitrogens with zero attached hydrogens (tertiary/aromatic N) is 2. The summed E-state index contributed by atoms with van der Waals surface area (Å²) in [6, 6.07) is 11.1. The lowest BCUT2D eigenvalue weighted by atomic mass is 9.89. The maximum atomic E-state index is 14.9. The van der Waals surface area contributed by atoms with Crippen LogP contribution in [0.25, 0.3) is 10.4 Å². The highest BCUT2D eigenvalue weighted by atomic mass is 35.5. The van der Waals surface area contributed by atoms with Crippen LogP contribution < -0.4 is 15.4 Å². The zero-order chi connectivity index (χ0) is 46.2. The minimum atomic E-state index is -3.91. The molecule has 2 aliphatic rings. The molecule has 2 N–H and O–H groups in total. The van der Waals surface area contributed by atoms with Crippen molar-refractivity contribution in [1.29, 1.82) is 0 Å². The second-order valence-electron chi connectivity index (χ2n) is 19.2. The molecule has 1 aromatic heterocycles. The van der Waals surface area contributed by atoms with E-state index in [2.05, 4.69) is 10.6 Å². The minimum absolute atomic E-state index is 0.0175. The first-order chi connectivity index (χ1) is 28.5. The SMILES string of the molecule is CC(C)(C)OC(=O)COc1c(C(=O)OC(C)(C)C)sc(-c2cccc(N[C@H]3CCN(S(=O)(=O)Cc4ccc(F)c(NC(=O)C5CN(C(=O)OC(C)(C)C)C5)c4)C(C)(C)C3)c2)c1Cl. The van der Waals surface area contributed by atoms with Gasteiger partial charge < -0.3 is 34.5 Å². The largest absolute Gasteiger partial charge is 0.479 e. The molecule has 0 aliphatic carbocycles. The Hall–Kier alpha value is -4.45. The van der Waals surface area contributed by atoms with Crippen LogP contribution in [0.15, 0.2) is 42.5 Å². The van der Waals surface area contributed by atoms with E-state index in [4.69, 9.17) is 30.5 Å². The Morgan fingerprint density at radius 3 is 2.18 bits per heavy atom. The van der Waals surface area contributed by atoms with Gasteiger partial charge in [-0.1, -0.05) is 29.8 Å². The second-order valence-corrected chi connectivity index (χ2v) is 22.5. The van der Waals surface area contributed by atoms with Gasteiger partial charge in [0.1, 0.15) is 27.6 Å². The summed E-state index contributed by atoms with van der Waals surface area (Å²) in [4.78, 5) is 53.1. The number of thiophene rings is 1. The van der Waals surface area contributed by atoms with Crippen LogP contribution in [0.3, 0.4) is 0 Å². The van der Waals surface area contributed by atoms with Crippen molar-refractivity contribution < 1.29 is 50.9 Å². The van der Waals surface area contributed by atoms with E-state index in [1.165, 1.54) is 21.3 Å². The van der Waals surface area contributed by atoms with Gasteiger partial charge in [-0.25, -0.2) is 27.2 Å². The number of rotatable bonds is 12. The average molecular weight is 922 g/mol. The summed E-state index contributed by atoms with van der Waals surface area (Å²) in [5.74, 6) is -3.44. The van der Waals surface area contributed by atoms with Crippen molar-refractivity contribution in [3.63, 3.8) is 0 Å². The molecule has 2 aromatic carbocycles. The van der Waals surface area contributed by atoms with Gasteiger partial charge in [0.25, 0.3) is 0 Å². The van der Waals surface area contributed by atoms with E-state index in [1.54, 1.807) is 62.3 Å². The van der Waals surface area contributed by atoms with Crippen LogP contribution in [0.2, 0.25) is 5.02 Å². The molecule has 62 heavy (non-hydrogen) atoms. The highest BCUT2D eigenvalue weighted by Gasteiger charge is 2.42. The molecule has 0 spiro atoms. The van der Waals surface area contributed by atoms with Crippen LogP contribution in [0, 0.1) is 11.7 Å². The van der Waals surface area contributed by atoms with Crippen molar-refractivity contribution in [3.8, 4) is 16.2 Å². The number of halogens is 2. The number of hydrogen-bond donors (Lipinski definition) is 2. The summed E-state index contributed by atoms with van der Waals surface area (Å²) >= 11 is 7.95. The first-order valence-electron chi connectivity index (χ1n) is 20.4. The third-order valence-electron chi connectivity index (χ3n) is 9.62. The lowest BCUT2D eigenvalue weighted by Crippen LogP contribution is -2.55. The van der Waals surface area contributed by atoms with Crippen molar-refractivity contribution in [2.24, 2.45) is 5.92 Å². The van der Waals surface area contributed by atoms with E-state index in [0.717, 1.165) is 23.1 Å². The summed E-state index contributed by atoms with van der Waals surface area (Å²) in [7, 11) is -3.91. The van der Waals surface area contributed by atoms with E-state index in [1.807, 2.05) is 38.1 Å². The number of nitrogens with one attached hydrogen (secondary N) is 2. The van der Waals surface area contributed by atoms with Crippen LogP contribution in [0.4, 0.5) is 20.6 Å². The summed E-state index contributed by atoms with van der Waals surface area (Å²) < 4.78 is 66.4. The molecule has 18 heteroatoms. The molecular formula is C44H58ClFN4O10S2. The van der Waals surface area contributed by atoms with Crippen molar-refractivity contribution in [2.45, 2.75) is 123 Å². The van der Waals surface area contributed by atoms with Crippen molar-refractivity contribution in [2.75, 3.05) is 36.9 Å². The van der Waals surface area contributed by atoms with Crippen LogP contribution in [0.1, 0.15) is 104 Å². The highest BCUT2D eigenvalue weighted by molar-refractivity contribution is 7.88. The van der Waals surface area contributed by atoms with Gasteiger partial charge in [0, 0.05) is 36.9 Å². The van der Waals surface area contributed by atoms with Gasteiger partial charge in [-0.3, -0.25) is 4.79 Å². The highest BCUT2D eigenvalue weighted by Crippen LogP contribution is 2.47. The molecule has 3 heterocycles. The van der Waals surface area contributed by atoms with Gasteiger partial charge in [0.2, 0.25) is 15.9 Å². The molecule has 0 bridgehead atoms. The van der Waals surface area contributed by atoms with Crippen LogP contribution >= 0.6 is 22.9 Å². The summed E-state index contributed by atoms with van der Waals surface area (Å²) in [5, 5.41) is 6.24. The topological polar surface area (TPSA) is 170 Å². The molecule has 0 unspecified atom stereocenters. The predicted molar refractivity (Wildman–Crippen MR) is 238 cm³/mol. The monoisotopic (exact) mass is 920 g/mol. The molecule has 2 aliphatic heterocycles. The number of carbonyl (C=O) groups excluding carboxylic acids is 4. The zero-order valence-corrected chi connectivity index (χ0v) is 39.6. The first-order valence-corrected chi connectivity index (χ1v) is 23.2. The molecule has 14 nitrogen and oxygen atoms in total. The molecule has 3 aromatic rings. The molecular weight excluding hydrogens is 863 g/mol. The lowest BCUT2D eigenvalue weighted by Gasteiger charge is -2.45. The van der Waals surface area contributed by atoms with E-state index in [-0.39, 0.29) is 47.0 Å². The van der Waals surface area contributed by atoms with Gasteiger partial charge in [0.15, 0.2) is 17.2 Å². The Morgan fingerprint density at radius 2 is 1.56 bits per heavy atom. The summed E-state index contributed by atoms with van der Waals surface area (Å²) in [6.07, 6.45) is 0.395. The minimum Gasteiger partial charge on any atom is -0.479 e. The number of piperidine rings is 1. The Kier molecular flexibility index (Phi) is 14.4. The number of hydrogen-bond acceptors (Lipinski definition) is 12. The van der Waals surface area contributed by atoms with Crippen molar-refractivity contribution in [3.05, 3.63) is 63.7 Å². The van der Waals surface area contributed by atoms with Gasteiger partial charge in [0.05, 0.1) is 22.2 Å². The molecule has 2 saturated heterocycles. The number of likely N-dealkylation sites (tertiary alicyclic amines) is 1. The van der Waals surface area contributed by atoms with E-state index < -0.39 is 80.4 Å². The number of benzene rings is 2. The van der Waals surface area contributed by atoms with E-state index in [9.17, 15) is 32.0 Å². The third kappa shape index (κ3) is 12.8. The average Bonchev–Trinajstić information content (AvgIpc) is 3.41. The smallest absolute Gasteiger partial charge is 0.410 e. The lowest BCUT2D eigenvalue weighted by molar-refractivity contribution is -0.157. The Morgan fingerprint density at radius 1 is 0.919 bits per heavy atom. The second kappa shape index (κ2) is 18.3. The molecule has 0 saturated carbocycles.